The summed E-state index contributed by atoms with van der Waals surface area (Å²) in [6.45, 7) is 3.37. The zero-order valence-electron chi connectivity index (χ0n) is 5.66. The van der Waals surface area contributed by atoms with E-state index in [-0.39, 0.29) is 11.9 Å². The Bertz CT molecular complexity index is 317. The number of hydrogen-bond acceptors (Lipinski definition) is 5. The highest BCUT2D eigenvalue weighted by Gasteiger charge is 1.95. The van der Waals surface area contributed by atoms with Gasteiger partial charge in [-0.05, 0) is 6.20 Å². The predicted molar refractivity (Wildman–Crippen MR) is 40.9 cm³/mol. The number of nitrogens with two attached hydrogens (primary N) is 1. The molecule has 1 heterocycles. The Hall–Kier alpha value is -1.85. The molecule has 0 atom stereocenters. The number of aromatic nitrogens is 3. The standard InChI is InChI=1S/C5H7N5O/c1-2-7-4-8-3(6)9-5(11)10-4/h2H,1H2,(H4,6,7,8,9,10,11). The summed E-state index contributed by atoms with van der Waals surface area (Å²) in [5, 5.41) is 2.53. The number of nitrogens with one attached hydrogen (secondary N) is 2. The quantitative estimate of drug-likeness (QED) is 0.522. The second-order valence-electron chi connectivity index (χ2n) is 1.71. The van der Waals surface area contributed by atoms with E-state index >= 15 is 0 Å². The van der Waals surface area contributed by atoms with Crippen molar-refractivity contribution in [3.05, 3.63) is 23.3 Å². The number of aromatic amines is 1. The molecule has 0 aliphatic rings. The molecule has 1 aromatic heterocycles. The van der Waals surface area contributed by atoms with Crippen molar-refractivity contribution in [2.75, 3.05) is 11.1 Å². The van der Waals surface area contributed by atoms with Crippen LogP contribution in [0, 0.1) is 0 Å². The highest BCUT2D eigenvalue weighted by atomic mass is 16.1. The molecular formula is C5H7N5O. The first-order chi connectivity index (χ1) is 5.22. The molecule has 0 radical (unpaired) electrons. The Kier molecular flexibility index (Phi) is 1.86. The van der Waals surface area contributed by atoms with Gasteiger partial charge in [0, 0.05) is 0 Å². The fourth-order valence-corrected chi connectivity index (χ4v) is 0.557. The molecule has 0 bridgehead atoms. The molecule has 4 N–H and O–H groups in total. The van der Waals surface area contributed by atoms with Gasteiger partial charge in [0.2, 0.25) is 11.9 Å². The van der Waals surface area contributed by atoms with E-state index in [1.165, 1.54) is 6.20 Å². The second kappa shape index (κ2) is 2.82. The molecule has 6 nitrogen and oxygen atoms in total. The van der Waals surface area contributed by atoms with E-state index < -0.39 is 5.69 Å². The van der Waals surface area contributed by atoms with Crippen LogP contribution in [0.2, 0.25) is 0 Å². The van der Waals surface area contributed by atoms with Gasteiger partial charge < -0.3 is 11.1 Å². The Morgan fingerprint density at radius 1 is 1.64 bits per heavy atom. The molecule has 6 heteroatoms. The van der Waals surface area contributed by atoms with Crippen molar-refractivity contribution in [2.45, 2.75) is 0 Å². The van der Waals surface area contributed by atoms with Crippen LogP contribution in [0.5, 0.6) is 0 Å². The van der Waals surface area contributed by atoms with Gasteiger partial charge in [0.05, 0.1) is 0 Å². The van der Waals surface area contributed by atoms with Gasteiger partial charge in [0.15, 0.2) is 0 Å². The zero-order valence-corrected chi connectivity index (χ0v) is 5.66. The van der Waals surface area contributed by atoms with Gasteiger partial charge in [-0.1, -0.05) is 6.58 Å². The molecule has 0 aliphatic carbocycles. The fourth-order valence-electron chi connectivity index (χ4n) is 0.557. The maximum absolute atomic E-state index is 10.6. The lowest BCUT2D eigenvalue weighted by Crippen LogP contribution is -2.16. The molecule has 58 valence electrons. The van der Waals surface area contributed by atoms with Crippen LogP contribution in [0.15, 0.2) is 17.6 Å². The van der Waals surface area contributed by atoms with Crippen LogP contribution >= 0.6 is 0 Å². The summed E-state index contributed by atoms with van der Waals surface area (Å²) in [5.74, 6) is 0.163. The first-order valence-electron chi connectivity index (χ1n) is 2.83. The highest BCUT2D eigenvalue weighted by molar-refractivity contribution is 5.31. The van der Waals surface area contributed by atoms with E-state index in [2.05, 4.69) is 26.8 Å². The average Bonchev–Trinajstić information content (AvgIpc) is 1.85. The van der Waals surface area contributed by atoms with Gasteiger partial charge in [-0.2, -0.15) is 9.97 Å². The van der Waals surface area contributed by atoms with Crippen LogP contribution in [0.25, 0.3) is 0 Å². The molecule has 0 amide bonds. The van der Waals surface area contributed by atoms with Crippen molar-refractivity contribution in [1.82, 2.24) is 15.0 Å². The Morgan fingerprint density at radius 2 is 2.36 bits per heavy atom. The van der Waals surface area contributed by atoms with E-state index in [4.69, 9.17) is 5.73 Å². The van der Waals surface area contributed by atoms with Crippen molar-refractivity contribution >= 4 is 11.9 Å². The summed E-state index contributed by atoms with van der Waals surface area (Å²) in [4.78, 5) is 19.9. The highest BCUT2D eigenvalue weighted by Crippen LogP contribution is 1.93. The Balaban J connectivity index is 3.08. The molecule has 11 heavy (non-hydrogen) atoms. The fraction of sp³-hybridized carbons (Fsp3) is 0. The third-order valence-electron chi connectivity index (χ3n) is 0.900. The number of nitrogens with zero attached hydrogens (tertiary/aromatic N) is 2. The SMILES string of the molecule is C=CNc1nc(N)[nH]c(=O)n1. The Morgan fingerprint density at radius 3 is 2.91 bits per heavy atom. The Labute approximate surface area is 62.2 Å². The lowest BCUT2D eigenvalue weighted by atomic mass is 10.8. The number of anilines is 2. The van der Waals surface area contributed by atoms with Gasteiger partial charge >= 0.3 is 5.69 Å². The van der Waals surface area contributed by atoms with E-state index in [0.717, 1.165) is 0 Å². The first kappa shape index (κ1) is 7.26. The van der Waals surface area contributed by atoms with Gasteiger partial charge in [-0.3, -0.25) is 4.98 Å². The molecular weight excluding hydrogens is 146 g/mol. The maximum Gasteiger partial charge on any atom is 0.350 e. The van der Waals surface area contributed by atoms with Crippen molar-refractivity contribution in [2.24, 2.45) is 0 Å². The van der Waals surface area contributed by atoms with Crippen molar-refractivity contribution in [3.8, 4) is 0 Å². The molecule has 0 aliphatic heterocycles. The topological polar surface area (TPSA) is 96.7 Å². The number of hydrogen-bond donors (Lipinski definition) is 3. The first-order valence-corrected chi connectivity index (χ1v) is 2.83. The van der Waals surface area contributed by atoms with Crippen LogP contribution in [0.1, 0.15) is 0 Å². The number of H-pyrrole nitrogens is 1. The van der Waals surface area contributed by atoms with Gasteiger partial charge in [-0.15, -0.1) is 0 Å². The summed E-state index contributed by atoms with van der Waals surface area (Å²) in [6.07, 6.45) is 1.36. The van der Waals surface area contributed by atoms with Crippen molar-refractivity contribution < 1.29 is 0 Å². The summed E-state index contributed by atoms with van der Waals surface area (Å²) in [7, 11) is 0. The minimum Gasteiger partial charge on any atom is -0.369 e. The van der Waals surface area contributed by atoms with E-state index in [9.17, 15) is 4.79 Å². The van der Waals surface area contributed by atoms with Gasteiger partial charge in [0.25, 0.3) is 0 Å². The van der Waals surface area contributed by atoms with Crippen LogP contribution in [0.3, 0.4) is 0 Å². The maximum atomic E-state index is 10.6. The molecule has 1 aromatic rings. The van der Waals surface area contributed by atoms with Gasteiger partial charge in [0.1, 0.15) is 0 Å². The van der Waals surface area contributed by atoms with E-state index in [1.807, 2.05) is 0 Å². The molecule has 1 rings (SSSR count). The third kappa shape index (κ3) is 1.78. The van der Waals surface area contributed by atoms with E-state index in [0.29, 0.717) is 0 Å². The second-order valence-corrected chi connectivity index (χ2v) is 1.71. The smallest absolute Gasteiger partial charge is 0.350 e. The minimum atomic E-state index is -0.540. The summed E-state index contributed by atoms with van der Waals surface area (Å²) in [5.41, 5.74) is 4.67. The van der Waals surface area contributed by atoms with Gasteiger partial charge in [-0.25, -0.2) is 4.79 Å². The zero-order chi connectivity index (χ0) is 8.27. The van der Waals surface area contributed by atoms with Crippen LogP contribution in [-0.4, -0.2) is 15.0 Å². The molecule has 0 unspecified atom stereocenters. The molecule has 0 spiro atoms. The summed E-state index contributed by atoms with van der Waals surface area (Å²) < 4.78 is 0. The summed E-state index contributed by atoms with van der Waals surface area (Å²) >= 11 is 0. The molecule has 0 fully saturated rings. The van der Waals surface area contributed by atoms with Crippen LogP contribution in [0.4, 0.5) is 11.9 Å². The minimum absolute atomic E-state index is 0.0225. The van der Waals surface area contributed by atoms with E-state index in [1.54, 1.807) is 0 Å². The van der Waals surface area contributed by atoms with Crippen molar-refractivity contribution in [1.29, 1.82) is 0 Å². The number of rotatable bonds is 2. The molecule has 0 saturated heterocycles. The third-order valence-corrected chi connectivity index (χ3v) is 0.900. The summed E-state index contributed by atoms with van der Waals surface area (Å²) in [6, 6.07) is 0. The predicted octanol–water partition coefficient (Wildman–Crippen LogP) is -0.698. The lowest BCUT2D eigenvalue weighted by Gasteiger charge is -1.96. The monoisotopic (exact) mass is 153 g/mol. The number of nitrogen functional groups attached to an aromatic ring is 1. The van der Waals surface area contributed by atoms with Crippen molar-refractivity contribution in [3.63, 3.8) is 0 Å². The van der Waals surface area contributed by atoms with Crippen LogP contribution < -0.4 is 16.7 Å². The largest absolute Gasteiger partial charge is 0.369 e. The normalized spacial score (nSPS) is 9.09. The van der Waals surface area contributed by atoms with Crippen LogP contribution in [-0.2, 0) is 0 Å². The molecule has 0 aromatic carbocycles. The lowest BCUT2D eigenvalue weighted by molar-refractivity contribution is 1.01. The average molecular weight is 153 g/mol. The molecule has 0 saturated carbocycles.